The van der Waals surface area contributed by atoms with E-state index in [4.69, 9.17) is 14.2 Å². The number of hydrogen-bond acceptors (Lipinski definition) is 5. The van der Waals surface area contributed by atoms with Gasteiger partial charge in [0.2, 0.25) is 0 Å². The third kappa shape index (κ3) is 2.72. The maximum Gasteiger partial charge on any atom is 0.338 e. The molecule has 4 aliphatic rings. The minimum absolute atomic E-state index is 0.184. The van der Waals surface area contributed by atoms with E-state index >= 15 is 0 Å². The maximum absolute atomic E-state index is 12.8. The molecule has 5 nitrogen and oxygen atoms in total. The fourth-order valence-corrected chi connectivity index (χ4v) is 6.48. The van der Waals surface area contributed by atoms with Crippen LogP contribution in [0.2, 0.25) is 0 Å². The summed E-state index contributed by atoms with van der Waals surface area (Å²) in [5, 5.41) is 0. The van der Waals surface area contributed by atoms with Crippen LogP contribution >= 0.6 is 0 Å². The molecule has 4 bridgehead atoms. The maximum atomic E-state index is 12.8. The Morgan fingerprint density at radius 1 is 0.700 bits per heavy atom. The second kappa shape index (κ2) is 6.95. The first-order valence-corrected chi connectivity index (χ1v) is 10.9. The normalized spacial score (nSPS) is 37.7. The lowest BCUT2D eigenvalue weighted by molar-refractivity contribution is -0.0635. The molecule has 154 valence electrons. The molecule has 6 rings (SSSR count). The largest absolute Gasteiger partial charge is 0.452 e. The molecular formula is C25H24O5. The highest BCUT2D eigenvalue weighted by Crippen LogP contribution is 2.63. The Kier molecular flexibility index (Phi) is 4.20. The van der Waals surface area contributed by atoms with E-state index in [1.54, 1.807) is 24.3 Å². The molecule has 2 aromatic rings. The van der Waals surface area contributed by atoms with Gasteiger partial charge in [-0.2, -0.15) is 0 Å². The lowest BCUT2D eigenvalue weighted by Crippen LogP contribution is -2.52. The van der Waals surface area contributed by atoms with Crippen molar-refractivity contribution in [2.24, 2.45) is 23.7 Å². The van der Waals surface area contributed by atoms with Gasteiger partial charge in [0.05, 0.1) is 11.1 Å². The molecular weight excluding hydrogens is 380 g/mol. The Morgan fingerprint density at radius 3 is 1.57 bits per heavy atom. The molecule has 2 aromatic carbocycles. The van der Waals surface area contributed by atoms with E-state index < -0.39 is 24.1 Å². The van der Waals surface area contributed by atoms with Gasteiger partial charge in [-0.3, -0.25) is 0 Å². The molecule has 2 aliphatic carbocycles. The van der Waals surface area contributed by atoms with E-state index in [2.05, 4.69) is 0 Å². The highest BCUT2D eigenvalue weighted by Gasteiger charge is 2.69. The minimum Gasteiger partial charge on any atom is -0.452 e. The van der Waals surface area contributed by atoms with Crippen molar-refractivity contribution in [1.29, 1.82) is 0 Å². The van der Waals surface area contributed by atoms with Crippen molar-refractivity contribution in [3.8, 4) is 0 Å². The van der Waals surface area contributed by atoms with Crippen molar-refractivity contribution in [3.63, 3.8) is 0 Å². The molecule has 0 spiro atoms. The summed E-state index contributed by atoms with van der Waals surface area (Å²) in [5.74, 6) is 1.31. The standard InChI is InChI=1S/C25H24O5/c26-24(14-7-3-1-4-8-14)29-22-20-18-16-11-12-17(13-16)19(18)21(28-20)23(22)30-25(27)15-9-5-2-6-10-15/h1-10,16-23H,11-13H2. The minimum atomic E-state index is -0.559. The number of ether oxygens (including phenoxy) is 3. The summed E-state index contributed by atoms with van der Waals surface area (Å²) in [4.78, 5) is 25.6. The number of carbonyl (C=O) groups excluding carboxylic acids is 2. The van der Waals surface area contributed by atoms with Gasteiger partial charge in [-0.15, -0.1) is 0 Å². The average Bonchev–Trinajstić information content (AvgIpc) is 3.55. The zero-order chi connectivity index (χ0) is 20.2. The Labute approximate surface area is 175 Å². The molecule has 0 aromatic heterocycles. The summed E-state index contributed by atoms with van der Waals surface area (Å²) in [7, 11) is 0. The molecule has 4 fully saturated rings. The summed E-state index contributed by atoms with van der Waals surface area (Å²) in [6.07, 6.45) is 2.20. The lowest BCUT2D eigenvalue weighted by Gasteiger charge is -2.39. The van der Waals surface area contributed by atoms with Crippen LogP contribution in [0.1, 0.15) is 40.0 Å². The molecule has 0 radical (unpaired) electrons. The van der Waals surface area contributed by atoms with Gasteiger partial charge in [-0.1, -0.05) is 36.4 Å². The Bertz CT molecular complexity index is 881. The summed E-state index contributed by atoms with van der Waals surface area (Å²) in [6.45, 7) is 0. The molecule has 2 saturated carbocycles. The van der Waals surface area contributed by atoms with Gasteiger partial charge < -0.3 is 14.2 Å². The summed E-state index contributed by atoms with van der Waals surface area (Å²) < 4.78 is 18.3. The molecule has 2 aliphatic heterocycles. The summed E-state index contributed by atoms with van der Waals surface area (Å²) in [5.41, 5.74) is 0.996. The van der Waals surface area contributed by atoms with Gasteiger partial charge in [-0.25, -0.2) is 9.59 Å². The van der Waals surface area contributed by atoms with Crippen LogP contribution in [-0.4, -0.2) is 36.4 Å². The third-order valence-corrected chi connectivity index (χ3v) is 7.60. The topological polar surface area (TPSA) is 61.8 Å². The van der Waals surface area contributed by atoms with Gasteiger partial charge in [0.25, 0.3) is 0 Å². The lowest BCUT2D eigenvalue weighted by atomic mass is 9.69. The highest BCUT2D eigenvalue weighted by molar-refractivity contribution is 5.90. The van der Waals surface area contributed by atoms with Crippen molar-refractivity contribution >= 4 is 11.9 Å². The van der Waals surface area contributed by atoms with Gasteiger partial charge in [0.1, 0.15) is 12.2 Å². The SMILES string of the molecule is O=C(OC1C(OC(=O)c2ccccc2)C2OC1C1C3CCC(C3)C21)c1ccccc1. The quantitative estimate of drug-likeness (QED) is 0.724. The van der Waals surface area contributed by atoms with E-state index in [0.29, 0.717) is 34.8 Å². The van der Waals surface area contributed by atoms with Crippen LogP contribution in [0.3, 0.4) is 0 Å². The molecule has 5 heteroatoms. The van der Waals surface area contributed by atoms with Crippen molar-refractivity contribution < 1.29 is 23.8 Å². The van der Waals surface area contributed by atoms with Gasteiger partial charge in [0.15, 0.2) is 12.2 Å². The summed E-state index contributed by atoms with van der Waals surface area (Å²) >= 11 is 0. The van der Waals surface area contributed by atoms with E-state index in [-0.39, 0.29) is 12.2 Å². The highest BCUT2D eigenvalue weighted by atomic mass is 16.6. The first-order chi connectivity index (χ1) is 14.7. The van der Waals surface area contributed by atoms with Crippen LogP contribution in [0, 0.1) is 23.7 Å². The molecule has 2 heterocycles. The van der Waals surface area contributed by atoms with Crippen molar-refractivity contribution in [1.82, 2.24) is 0 Å². The van der Waals surface area contributed by atoms with Crippen LogP contribution in [-0.2, 0) is 14.2 Å². The smallest absolute Gasteiger partial charge is 0.338 e. The third-order valence-electron chi connectivity index (χ3n) is 7.60. The van der Waals surface area contributed by atoms with Crippen LogP contribution in [0.5, 0.6) is 0 Å². The number of hydrogen-bond donors (Lipinski definition) is 0. The van der Waals surface area contributed by atoms with Gasteiger partial charge >= 0.3 is 11.9 Å². The van der Waals surface area contributed by atoms with E-state index in [9.17, 15) is 9.59 Å². The monoisotopic (exact) mass is 404 g/mol. The van der Waals surface area contributed by atoms with E-state index in [1.807, 2.05) is 36.4 Å². The van der Waals surface area contributed by atoms with Crippen LogP contribution in [0.15, 0.2) is 60.7 Å². The van der Waals surface area contributed by atoms with Crippen LogP contribution < -0.4 is 0 Å². The van der Waals surface area contributed by atoms with Gasteiger partial charge in [0, 0.05) is 0 Å². The molecule has 0 N–H and O–H groups in total. The number of carbonyl (C=O) groups is 2. The summed E-state index contributed by atoms with van der Waals surface area (Å²) in [6, 6.07) is 17.9. The van der Waals surface area contributed by atoms with Crippen molar-refractivity contribution in [3.05, 3.63) is 71.8 Å². The molecule has 8 unspecified atom stereocenters. The van der Waals surface area contributed by atoms with E-state index in [1.165, 1.54) is 19.3 Å². The number of fused-ring (bicyclic) bond motifs is 9. The predicted octanol–water partition coefficient (Wildman–Crippen LogP) is 3.88. The van der Waals surface area contributed by atoms with Crippen LogP contribution in [0.4, 0.5) is 0 Å². The molecule has 0 amide bonds. The zero-order valence-corrected chi connectivity index (χ0v) is 16.6. The fraction of sp³-hybridized carbons (Fsp3) is 0.440. The first-order valence-electron chi connectivity index (χ1n) is 10.9. The Hall–Kier alpha value is -2.66. The Morgan fingerprint density at radius 2 is 1.13 bits per heavy atom. The second-order valence-electron chi connectivity index (χ2n) is 9.03. The zero-order valence-electron chi connectivity index (χ0n) is 16.6. The van der Waals surface area contributed by atoms with E-state index in [0.717, 1.165) is 0 Å². The second-order valence-corrected chi connectivity index (χ2v) is 9.03. The average molecular weight is 404 g/mol. The fourth-order valence-electron chi connectivity index (χ4n) is 6.48. The molecule has 2 saturated heterocycles. The Balaban J connectivity index is 1.28. The first kappa shape index (κ1) is 18.1. The number of esters is 2. The number of benzene rings is 2. The van der Waals surface area contributed by atoms with Crippen LogP contribution in [0.25, 0.3) is 0 Å². The predicted molar refractivity (Wildman–Crippen MR) is 108 cm³/mol. The number of rotatable bonds is 4. The van der Waals surface area contributed by atoms with Gasteiger partial charge in [-0.05, 0) is 67.2 Å². The molecule has 30 heavy (non-hydrogen) atoms. The molecule has 8 atom stereocenters. The van der Waals surface area contributed by atoms with Crippen molar-refractivity contribution in [2.45, 2.75) is 43.7 Å². The van der Waals surface area contributed by atoms with Crippen molar-refractivity contribution in [2.75, 3.05) is 0 Å².